The normalized spacial score (nSPS) is 20.7. The smallest absolute Gasteiger partial charge is 0.00639 e. The third kappa shape index (κ3) is 3.76. The van der Waals surface area contributed by atoms with Gasteiger partial charge in [-0.3, -0.25) is 0 Å². The van der Waals surface area contributed by atoms with Crippen molar-refractivity contribution in [3.63, 3.8) is 0 Å². The van der Waals surface area contributed by atoms with E-state index in [4.69, 9.17) is 0 Å². The zero-order chi connectivity index (χ0) is 8.69. The van der Waals surface area contributed by atoms with Crippen LogP contribution >= 0.6 is 0 Å². The lowest BCUT2D eigenvalue weighted by Crippen LogP contribution is -2.28. The quantitative estimate of drug-likeness (QED) is 0.650. The van der Waals surface area contributed by atoms with E-state index in [0.29, 0.717) is 0 Å². The Hall–Kier alpha value is -0.0400. The Balaban J connectivity index is 0.000000461. The van der Waals surface area contributed by atoms with Crippen LogP contribution in [0.15, 0.2) is 0 Å². The maximum absolute atomic E-state index is 3.31. The molecule has 11 heavy (non-hydrogen) atoms. The molecule has 1 atom stereocenters. The third-order valence-electron chi connectivity index (χ3n) is 2.56. The van der Waals surface area contributed by atoms with Gasteiger partial charge >= 0.3 is 0 Å². The van der Waals surface area contributed by atoms with Gasteiger partial charge in [-0.25, -0.2) is 0 Å². The van der Waals surface area contributed by atoms with Crippen molar-refractivity contribution in [2.75, 3.05) is 7.05 Å². The maximum Gasteiger partial charge on any atom is 0.00639 e. The van der Waals surface area contributed by atoms with Crippen LogP contribution in [0.5, 0.6) is 0 Å². The molecule has 1 saturated carbocycles. The molecule has 0 aromatic carbocycles. The molecule has 68 valence electrons. The van der Waals surface area contributed by atoms with E-state index in [9.17, 15) is 0 Å². The number of hydrogen-bond donors (Lipinski definition) is 1. The Morgan fingerprint density at radius 3 is 2.00 bits per heavy atom. The van der Waals surface area contributed by atoms with E-state index in [1.165, 1.54) is 25.7 Å². The van der Waals surface area contributed by atoms with Gasteiger partial charge in [0.1, 0.15) is 0 Å². The largest absolute Gasteiger partial charge is 0.317 e. The molecule has 1 unspecified atom stereocenters. The zero-order valence-electron chi connectivity index (χ0n) is 8.48. The molecule has 0 spiro atoms. The molecule has 1 N–H and O–H groups in total. The Bertz CT molecular complexity index is 74.9. The molecule has 0 aromatic rings. The van der Waals surface area contributed by atoms with Gasteiger partial charge in [-0.05, 0) is 32.7 Å². The minimum absolute atomic E-state index is 0.743. The summed E-state index contributed by atoms with van der Waals surface area (Å²) in [5.41, 5.74) is 0. The van der Waals surface area contributed by atoms with Gasteiger partial charge in [-0.1, -0.05) is 26.7 Å². The van der Waals surface area contributed by atoms with Crippen LogP contribution in [0.4, 0.5) is 0 Å². The summed E-state index contributed by atoms with van der Waals surface area (Å²) >= 11 is 0. The molecule has 1 aliphatic rings. The van der Waals surface area contributed by atoms with E-state index in [-0.39, 0.29) is 0 Å². The molecular formula is C10H23N. The first-order valence-corrected chi connectivity index (χ1v) is 5.02. The summed E-state index contributed by atoms with van der Waals surface area (Å²) in [5.74, 6) is 0.968. The Morgan fingerprint density at radius 1 is 1.18 bits per heavy atom. The lowest BCUT2D eigenvalue weighted by Gasteiger charge is -2.16. The summed E-state index contributed by atoms with van der Waals surface area (Å²) in [5, 5.41) is 3.31. The molecule has 1 nitrogen and oxygen atoms in total. The van der Waals surface area contributed by atoms with E-state index in [2.05, 4.69) is 19.3 Å². The first kappa shape index (κ1) is 11.0. The summed E-state index contributed by atoms with van der Waals surface area (Å²) in [6.45, 7) is 6.29. The average Bonchev–Trinajstić information content (AvgIpc) is 2.59. The molecule has 1 rings (SSSR count). The van der Waals surface area contributed by atoms with Crippen LogP contribution in [0.3, 0.4) is 0 Å². The highest BCUT2D eigenvalue weighted by Crippen LogP contribution is 2.27. The SMILES string of the molecule is CC.CNC(C)C1CCCC1. The molecule has 0 aromatic heterocycles. The minimum Gasteiger partial charge on any atom is -0.317 e. The molecule has 0 saturated heterocycles. The predicted octanol–water partition coefficient (Wildman–Crippen LogP) is 2.81. The van der Waals surface area contributed by atoms with Crippen molar-refractivity contribution in [2.45, 2.75) is 52.5 Å². The summed E-state index contributed by atoms with van der Waals surface area (Å²) < 4.78 is 0. The van der Waals surface area contributed by atoms with Gasteiger partial charge in [-0.2, -0.15) is 0 Å². The van der Waals surface area contributed by atoms with Gasteiger partial charge in [0.2, 0.25) is 0 Å². The van der Waals surface area contributed by atoms with Crippen molar-refractivity contribution < 1.29 is 0 Å². The summed E-state index contributed by atoms with van der Waals surface area (Å²) in [6.07, 6.45) is 5.80. The highest BCUT2D eigenvalue weighted by Gasteiger charge is 2.19. The van der Waals surface area contributed by atoms with Crippen LogP contribution < -0.4 is 5.32 Å². The van der Waals surface area contributed by atoms with Gasteiger partial charge in [0.15, 0.2) is 0 Å². The van der Waals surface area contributed by atoms with E-state index in [0.717, 1.165) is 12.0 Å². The van der Waals surface area contributed by atoms with E-state index in [1.807, 2.05) is 13.8 Å². The van der Waals surface area contributed by atoms with Gasteiger partial charge in [0, 0.05) is 6.04 Å². The first-order chi connectivity index (χ1) is 5.34. The van der Waals surface area contributed by atoms with Crippen LogP contribution in [-0.2, 0) is 0 Å². The molecule has 1 fully saturated rings. The number of rotatable bonds is 2. The monoisotopic (exact) mass is 157 g/mol. The first-order valence-electron chi connectivity index (χ1n) is 5.02. The van der Waals surface area contributed by atoms with Gasteiger partial charge in [0.25, 0.3) is 0 Å². The van der Waals surface area contributed by atoms with Crippen molar-refractivity contribution in [3.8, 4) is 0 Å². The van der Waals surface area contributed by atoms with Crippen LogP contribution in [0.25, 0.3) is 0 Å². The summed E-state index contributed by atoms with van der Waals surface area (Å²) in [7, 11) is 2.06. The second-order valence-electron chi connectivity index (χ2n) is 3.12. The second kappa shape index (κ2) is 6.66. The molecule has 0 radical (unpaired) electrons. The number of nitrogens with one attached hydrogen (secondary N) is 1. The Labute approximate surface area is 71.6 Å². The van der Waals surface area contributed by atoms with Crippen molar-refractivity contribution in [1.29, 1.82) is 0 Å². The van der Waals surface area contributed by atoms with Crippen LogP contribution in [0.2, 0.25) is 0 Å². The van der Waals surface area contributed by atoms with Crippen molar-refractivity contribution in [3.05, 3.63) is 0 Å². The second-order valence-corrected chi connectivity index (χ2v) is 3.12. The topological polar surface area (TPSA) is 12.0 Å². The predicted molar refractivity (Wildman–Crippen MR) is 51.8 cm³/mol. The van der Waals surface area contributed by atoms with E-state index >= 15 is 0 Å². The molecule has 0 amide bonds. The number of hydrogen-bond acceptors (Lipinski definition) is 1. The minimum atomic E-state index is 0.743. The van der Waals surface area contributed by atoms with Crippen LogP contribution in [-0.4, -0.2) is 13.1 Å². The highest BCUT2D eigenvalue weighted by molar-refractivity contribution is 4.75. The van der Waals surface area contributed by atoms with Crippen molar-refractivity contribution in [2.24, 2.45) is 5.92 Å². The summed E-state index contributed by atoms with van der Waals surface area (Å²) in [4.78, 5) is 0. The standard InChI is InChI=1S/C8H17N.C2H6/c1-7(9-2)8-5-3-4-6-8;1-2/h7-9H,3-6H2,1-2H3;1-2H3. The summed E-state index contributed by atoms with van der Waals surface area (Å²) in [6, 6.07) is 0.743. The Kier molecular flexibility index (Phi) is 6.63. The van der Waals surface area contributed by atoms with Crippen molar-refractivity contribution in [1.82, 2.24) is 5.32 Å². The zero-order valence-corrected chi connectivity index (χ0v) is 8.48. The average molecular weight is 157 g/mol. The van der Waals surface area contributed by atoms with Crippen LogP contribution in [0, 0.1) is 5.92 Å². The van der Waals surface area contributed by atoms with Crippen molar-refractivity contribution >= 4 is 0 Å². The molecule has 1 aliphatic carbocycles. The highest BCUT2D eigenvalue weighted by atomic mass is 14.9. The van der Waals surface area contributed by atoms with E-state index in [1.54, 1.807) is 0 Å². The molecular weight excluding hydrogens is 134 g/mol. The maximum atomic E-state index is 3.31. The molecule has 1 heteroatoms. The fraction of sp³-hybridized carbons (Fsp3) is 1.00. The lowest BCUT2D eigenvalue weighted by atomic mass is 10.0. The van der Waals surface area contributed by atoms with Gasteiger partial charge < -0.3 is 5.32 Å². The third-order valence-corrected chi connectivity index (χ3v) is 2.56. The van der Waals surface area contributed by atoms with E-state index < -0.39 is 0 Å². The van der Waals surface area contributed by atoms with Gasteiger partial charge in [0.05, 0.1) is 0 Å². The fourth-order valence-corrected chi connectivity index (χ4v) is 1.69. The van der Waals surface area contributed by atoms with Gasteiger partial charge in [-0.15, -0.1) is 0 Å². The molecule has 0 heterocycles. The molecule has 0 bridgehead atoms. The Morgan fingerprint density at radius 2 is 1.64 bits per heavy atom. The fourth-order valence-electron chi connectivity index (χ4n) is 1.69. The molecule has 0 aliphatic heterocycles. The van der Waals surface area contributed by atoms with Crippen LogP contribution in [0.1, 0.15) is 46.5 Å². The lowest BCUT2D eigenvalue weighted by molar-refractivity contribution is 0.405.